The van der Waals surface area contributed by atoms with Gasteiger partial charge in [-0.3, -0.25) is 4.79 Å². The molecule has 24 heavy (non-hydrogen) atoms. The van der Waals surface area contributed by atoms with Gasteiger partial charge in [-0.2, -0.15) is 0 Å². The van der Waals surface area contributed by atoms with Crippen LogP contribution >= 0.6 is 0 Å². The van der Waals surface area contributed by atoms with E-state index in [2.05, 4.69) is 35.6 Å². The molecule has 4 rings (SSSR count). The fourth-order valence-corrected chi connectivity index (χ4v) is 3.40. The molecule has 3 nitrogen and oxygen atoms in total. The van der Waals surface area contributed by atoms with Crippen molar-refractivity contribution >= 4 is 22.4 Å². The van der Waals surface area contributed by atoms with Crippen molar-refractivity contribution in [2.45, 2.75) is 25.3 Å². The average molecular weight is 316 g/mol. The maximum absolute atomic E-state index is 12.8. The molecule has 1 aliphatic rings. The Labute approximate surface area is 141 Å². The van der Waals surface area contributed by atoms with Gasteiger partial charge in [0.05, 0.1) is 5.54 Å². The van der Waals surface area contributed by atoms with Gasteiger partial charge in [0, 0.05) is 11.3 Å². The van der Waals surface area contributed by atoms with E-state index in [9.17, 15) is 4.79 Å². The molecule has 0 bridgehead atoms. The molecule has 3 N–H and O–H groups in total. The minimum absolute atomic E-state index is 0.0507. The maximum atomic E-state index is 12.8. The Balaban J connectivity index is 1.71. The number of amides is 1. The van der Waals surface area contributed by atoms with Crippen molar-refractivity contribution in [2.75, 3.05) is 5.73 Å². The van der Waals surface area contributed by atoms with Gasteiger partial charge in [-0.1, -0.05) is 48.5 Å². The third-order valence-electron chi connectivity index (χ3n) is 4.91. The lowest BCUT2D eigenvalue weighted by atomic mass is 9.96. The number of nitrogen functional groups attached to an aromatic ring is 1. The van der Waals surface area contributed by atoms with Gasteiger partial charge in [0.25, 0.3) is 5.91 Å². The summed E-state index contributed by atoms with van der Waals surface area (Å²) in [5, 5.41) is 5.68. The zero-order valence-electron chi connectivity index (χ0n) is 13.7. The monoisotopic (exact) mass is 316 g/mol. The molecule has 0 atom stereocenters. The fraction of sp³-hybridized carbons (Fsp3) is 0.190. The first kappa shape index (κ1) is 14.8. The minimum Gasteiger partial charge on any atom is -0.399 e. The summed E-state index contributed by atoms with van der Waals surface area (Å²) in [4.78, 5) is 12.8. The van der Waals surface area contributed by atoms with Crippen molar-refractivity contribution in [1.82, 2.24) is 5.32 Å². The van der Waals surface area contributed by atoms with Crippen LogP contribution in [0.15, 0.2) is 60.7 Å². The molecule has 1 fully saturated rings. The number of nitrogens with two attached hydrogens (primary N) is 1. The Hall–Kier alpha value is -2.81. The van der Waals surface area contributed by atoms with E-state index in [1.165, 1.54) is 16.3 Å². The van der Waals surface area contributed by atoms with E-state index in [-0.39, 0.29) is 11.4 Å². The van der Waals surface area contributed by atoms with Gasteiger partial charge in [0.15, 0.2) is 0 Å². The van der Waals surface area contributed by atoms with Crippen LogP contribution in [0.3, 0.4) is 0 Å². The Morgan fingerprint density at radius 3 is 2.58 bits per heavy atom. The summed E-state index contributed by atoms with van der Waals surface area (Å²) in [5.41, 5.74) is 9.01. The number of hydrogen-bond acceptors (Lipinski definition) is 2. The molecule has 0 saturated heterocycles. The number of nitrogens with one attached hydrogen (secondary N) is 1. The van der Waals surface area contributed by atoms with Crippen molar-refractivity contribution in [2.24, 2.45) is 0 Å². The second-order valence-electron chi connectivity index (χ2n) is 6.64. The molecule has 1 saturated carbocycles. The molecule has 3 aromatic rings. The zero-order valence-corrected chi connectivity index (χ0v) is 13.7. The van der Waals surface area contributed by atoms with Gasteiger partial charge in [0.1, 0.15) is 0 Å². The Kier molecular flexibility index (Phi) is 3.31. The van der Waals surface area contributed by atoms with Crippen LogP contribution in [0.2, 0.25) is 0 Å². The SMILES string of the molecule is Cc1ccc(N)cc1C(=O)NC1(c2cccc3ccccc23)CC1. The van der Waals surface area contributed by atoms with Crippen LogP contribution in [0.4, 0.5) is 5.69 Å². The molecule has 0 radical (unpaired) electrons. The van der Waals surface area contributed by atoms with Crippen LogP contribution < -0.4 is 11.1 Å². The summed E-state index contributed by atoms with van der Waals surface area (Å²) in [5.74, 6) is -0.0507. The van der Waals surface area contributed by atoms with E-state index in [4.69, 9.17) is 5.73 Å². The molecular formula is C21H20N2O. The molecule has 3 aromatic carbocycles. The van der Waals surface area contributed by atoms with Gasteiger partial charge in [0.2, 0.25) is 0 Å². The van der Waals surface area contributed by atoms with Crippen LogP contribution in [0.1, 0.15) is 34.3 Å². The number of carbonyl (C=O) groups excluding carboxylic acids is 1. The molecule has 0 aromatic heterocycles. The summed E-state index contributed by atoms with van der Waals surface area (Å²) in [7, 11) is 0. The van der Waals surface area contributed by atoms with E-state index in [1.807, 2.05) is 31.2 Å². The van der Waals surface area contributed by atoms with Crippen molar-refractivity contribution in [1.29, 1.82) is 0 Å². The minimum atomic E-state index is -0.255. The second kappa shape index (κ2) is 5.38. The number of fused-ring (bicyclic) bond motifs is 1. The summed E-state index contributed by atoms with van der Waals surface area (Å²) in [6, 6.07) is 20.1. The standard InChI is InChI=1S/C21H20N2O/c1-14-9-10-16(22)13-18(14)20(24)23-21(11-12-21)19-8-4-6-15-5-2-3-7-17(15)19/h2-10,13H,11-12,22H2,1H3,(H,23,24). The summed E-state index contributed by atoms with van der Waals surface area (Å²) in [6.45, 7) is 1.94. The molecule has 1 aliphatic carbocycles. The third-order valence-corrected chi connectivity index (χ3v) is 4.91. The van der Waals surface area contributed by atoms with E-state index in [0.717, 1.165) is 18.4 Å². The molecule has 120 valence electrons. The Bertz CT molecular complexity index is 936. The molecule has 0 spiro atoms. The van der Waals surface area contributed by atoms with Gasteiger partial charge in [-0.15, -0.1) is 0 Å². The highest BCUT2D eigenvalue weighted by Crippen LogP contribution is 2.48. The summed E-state index contributed by atoms with van der Waals surface area (Å²) in [6.07, 6.45) is 1.93. The topological polar surface area (TPSA) is 55.1 Å². The number of carbonyl (C=O) groups is 1. The number of aryl methyl sites for hydroxylation is 1. The Morgan fingerprint density at radius 2 is 1.79 bits per heavy atom. The normalized spacial score (nSPS) is 15.2. The highest BCUT2D eigenvalue weighted by atomic mass is 16.1. The Morgan fingerprint density at radius 1 is 1.04 bits per heavy atom. The third kappa shape index (κ3) is 2.42. The molecule has 0 unspecified atom stereocenters. The van der Waals surface area contributed by atoms with Gasteiger partial charge in [-0.25, -0.2) is 0 Å². The number of hydrogen-bond donors (Lipinski definition) is 2. The predicted molar refractivity (Wildman–Crippen MR) is 97.9 cm³/mol. The van der Waals surface area contributed by atoms with Crippen LogP contribution in [0, 0.1) is 6.92 Å². The van der Waals surface area contributed by atoms with Gasteiger partial charge >= 0.3 is 0 Å². The smallest absolute Gasteiger partial charge is 0.252 e. The number of anilines is 1. The van der Waals surface area contributed by atoms with Crippen LogP contribution in [0.25, 0.3) is 10.8 Å². The lowest BCUT2D eigenvalue weighted by molar-refractivity contribution is 0.0930. The highest BCUT2D eigenvalue weighted by Gasteiger charge is 2.46. The average Bonchev–Trinajstić information content (AvgIpc) is 3.37. The van der Waals surface area contributed by atoms with Crippen molar-refractivity contribution < 1.29 is 4.79 Å². The lowest BCUT2D eigenvalue weighted by Crippen LogP contribution is -2.35. The first-order valence-corrected chi connectivity index (χ1v) is 8.26. The van der Waals surface area contributed by atoms with Gasteiger partial charge < -0.3 is 11.1 Å². The number of benzene rings is 3. The van der Waals surface area contributed by atoms with E-state index in [1.54, 1.807) is 6.07 Å². The molecule has 0 aliphatic heterocycles. The molecule has 1 amide bonds. The van der Waals surface area contributed by atoms with Crippen molar-refractivity contribution in [3.05, 3.63) is 77.4 Å². The summed E-state index contributed by atoms with van der Waals surface area (Å²) < 4.78 is 0. The predicted octanol–water partition coefficient (Wildman–Crippen LogP) is 4.15. The van der Waals surface area contributed by atoms with Crippen molar-refractivity contribution in [3.8, 4) is 0 Å². The quantitative estimate of drug-likeness (QED) is 0.713. The zero-order chi connectivity index (χ0) is 16.7. The molecular weight excluding hydrogens is 296 g/mol. The molecule has 3 heteroatoms. The van der Waals surface area contributed by atoms with E-state index >= 15 is 0 Å². The maximum Gasteiger partial charge on any atom is 0.252 e. The highest BCUT2D eigenvalue weighted by molar-refractivity contribution is 5.98. The fourth-order valence-electron chi connectivity index (χ4n) is 3.40. The second-order valence-corrected chi connectivity index (χ2v) is 6.64. The lowest BCUT2D eigenvalue weighted by Gasteiger charge is -2.21. The first-order valence-electron chi connectivity index (χ1n) is 8.26. The van der Waals surface area contributed by atoms with Crippen molar-refractivity contribution in [3.63, 3.8) is 0 Å². The van der Waals surface area contributed by atoms with Gasteiger partial charge in [-0.05, 0) is 53.8 Å². The van der Waals surface area contributed by atoms with E-state index < -0.39 is 0 Å². The van der Waals surface area contributed by atoms with Crippen LogP contribution in [-0.2, 0) is 5.54 Å². The summed E-state index contributed by atoms with van der Waals surface area (Å²) >= 11 is 0. The van der Waals surface area contributed by atoms with E-state index in [0.29, 0.717) is 11.3 Å². The first-order chi connectivity index (χ1) is 11.6. The van der Waals surface area contributed by atoms with Crippen LogP contribution in [0.5, 0.6) is 0 Å². The van der Waals surface area contributed by atoms with Crippen LogP contribution in [-0.4, -0.2) is 5.91 Å². The largest absolute Gasteiger partial charge is 0.399 e. The number of rotatable bonds is 3. The molecule has 0 heterocycles.